The van der Waals surface area contributed by atoms with Crippen molar-refractivity contribution in [1.82, 2.24) is 9.38 Å². The minimum Gasteiger partial charge on any atom is -0.294 e. The molecule has 2 aromatic heterocycles. The van der Waals surface area contributed by atoms with Crippen molar-refractivity contribution in [3.8, 4) is 11.1 Å². The van der Waals surface area contributed by atoms with E-state index in [1.807, 2.05) is 24.4 Å². The van der Waals surface area contributed by atoms with Gasteiger partial charge in [0.05, 0.1) is 0 Å². The van der Waals surface area contributed by atoms with Gasteiger partial charge in [0.25, 0.3) is 0 Å². The van der Waals surface area contributed by atoms with Crippen molar-refractivity contribution in [3.05, 3.63) is 82.6 Å². The maximum Gasteiger partial charge on any atom is 0.193 e. The molecule has 0 saturated carbocycles. The van der Waals surface area contributed by atoms with Gasteiger partial charge >= 0.3 is 0 Å². The summed E-state index contributed by atoms with van der Waals surface area (Å²) in [6.07, 6.45) is 15.5. The molecule has 0 spiro atoms. The molecule has 0 amide bonds. The lowest BCUT2D eigenvalue weighted by atomic mass is 9.86. The number of benzene rings is 2. The maximum atomic E-state index is 15.3. The molecule has 0 aliphatic carbocycles. The van der Waals surface area contributed by atoms with Crippen molar-refractivity contribution in [1.29, 1.82) is 0 Å². The van der Waals surface area contributed by atoms with Gasteiger partial charge in [-0.05, 0) is 54.7 Å². The summed E-state index contributed by atoms with van der Waals surface area (Å²) in [4.78, 5) is 5.49. The Kier molecular flexibility index (Phi) is 10.5. The zero-order valence-electron chi connectivity index (χ0n) is 23.2. The third-order valence-electron chi connectivity index (χ3n) is 7.91. The number of nitrogens with zero attached hydrogens (tertiary/aromatic N) is 2. The summed E-state index contributed by atoms with van der Waals surface area (Å²) in [5, 5.41) is 2.26. The molecule has 204 valence electrons. The molecule has 2 heterocycles. The summed E-state index contributed by atoms with van der Waals surface area (Å²) in [7, 11) is 0. The number of aryl methyl sites for hydroxylation is 1. The lowest BCUT2D eigenvalue weighted by Crippen LogP contribution is -2.04. The summed E-state index contributed by atoms with van der Waals surface area (Å²) in [5.41, 5.74) is 4.15. The average Bonchev–Trinajstić information content (AvgIpc) is 3.55. The van der Waals surface area contributed by atoms with Crippen molar-refractivity contribution in [2.45, 2.75) is 103 Å². The van der Waals surface area contributed by atoms with Gasteiger partial charge in [0.15, 0.2) is 16.6 Å². The van der Waals surface area contributed by atoms with Crippen LogP contribution in [0.4, 0.5) is 8.78 Å². The van der Waals surface area contributed by atoms with Crippen LogP contribution in [0.1, 0.15) is 114 Å². The van der Waals surface area contributed by atoms with Gasteiger partial charge in [-0.1, -0.05) is 95.7 Å². The molecule has 0 N–H and O–H groups in total. The molecule has 0 bridgehead atoms. The van der Waals surface area contributed by atoms with Gasteiger partial charge in [-0.3, -0.25) is 4.40 Å². The highest BCUT2D eigenvalue weighted by atomic mass is 32.1. The summed E-state index contributed by atoms with van der Waals surface area (Å²) >= 11 is 1.71. The van der Waals surface area contributed by atoms with E-state index in [4.69, 9.17) is 0 Å². The molecule has 2 aromatic carbocycles. The number of hydrogen-bond acceptors (Lipinski definition) is 2. The first-order valence-electron chi connectivity index (χ1n) is 14.5. The molecule has 2 nitrogen and oxygen atoms in total. The van der Waals surface area contributed by atoms with Crippen LogP contribution in [0, 0.1) is 11.6 Å². The molecule has 2 atom stereocenters. The predicted molar refractivity (Wildman–Crippen MR) is 157 cm³/mol. The highest BCUT2D eigenvalue weighted by Crippen LogP contribution is 2.36. The fourth-order valence-corrected chi connectivity index (χ4v) is 6.67. The molecule has 4 aromatic rings. The number of fused-ring (bicyclic) bond motifs is 1. The highest BCUT2D eigenvalue weighted by molar-refractivity contribution is 7.15. The quantitative estimate of drug-likeness (QED) is 0.138. The number of imidazole rings is 1. The Morgan fingerprint density at radius 3 is 2.47 bits per heavy atom. The van der Waals surface area contributed by atoms with Crippen molar-refractivity contribution < 1.29 is 8.78 Å². The summed E-state index contributed by atoms with van der Waals surface area (Å²) in [6.45, 7) is 6.64. The van der Waals surface area contributed by atoms with Gasteiger partial charge in [0, 0.05) is 34.9 Å². The van der Waals surface area contributed by atoms with Gasteiger partial charge in [0.2, 0.25) is 0 Å². The van der Waals surface area contributed by atoms with E-state index in [0.717, 1.165) is 67.5 Å². The van der Waals surface area contributed by atoms with Gasteiger partial charge in [-0.2, -0.15) is 0 Å². The lowest BCUT2D eigenvalue weighted by molar-refractivity contribution is 0.496. The van der Waals surface area contributed by atoms with E-state index in [2.05, 4.69) is 47.8 Å². The van der Waals surface area contributed by atoms with Crippen LogP contribution >= 0.6 is 11.3 Å². The Morgan fingerprint density at radius 1 is 0.842 bits per heavy atom. The van der Waals surface area contributed by atoms with Crippen LogP contribution < -0.4 is 0 Å². The Morgan fingerprint density at radius 2 is 1.66 bits per heavy atom. The van der Waals surface area contributed by atoms with Crippen LogP contribution in [0.25, 0.3) is 16.1 Å². The van der Waals surface area contributed by atoms with Crippen molar-refractivity contribution in [2.24, 2.45) is 0 Å². The van der Waals surface area contributed by atoms with Crippen LogP contribution in [0.15, 0.2) is 54.2 Å². The minimum atomic E-state index is -0.708. The Bertz CT molecular complexity index is 1290. The maximum absolute atomic E-state index is 15.3. The van der Waals surface area contributed by atoms with Gasteiger partial charge in [-0.25, -0.2) is 13.8 Å². The average molecular weight is 537 g/mol. The molecule has 4 rings (SSSR count). The van der Waals surface area contributed by atoms with Crippen molar-refractivity contribution >= 4 is 16.3 Å². The first-order chi connectivity index (χ1) is 18.5. The van der Waals surface area contributed by atoms with Crippen LogP contribution in [0.3, 0.4) is 0 Å². The van der Waals surface area contributed by atoms with Crippen LogP contribution in [0.2, 0.25) is 0 Å². The minimum absolute atomic E-state index is 0.255. The number of hydrogen-bond donors (Lipinski definition) is 0. The van der Waals surface area contributed by atoms with Gasteiger partial charge < -0.3 is 0 Å². The number of halogens is 2. The van der Waals surface area contributed by atoms with Crippen LogP contribution in [-0.4, -0.2) is 9.38 Å². The number of unbranched alkanes of at least 4 members (excludes halogenated alkanes) is 4. The Hall–Kier alpha value is -2.53. The second-order valence-electron chi connectivity index (χ2n) is 10.7. The molecule has 5 heteroatoms. The zero-order chi connectivity index (χ0) is 26.9. The van der Waals surface area contributed by atoms with Crippen LogP contribution in [0.5, 0.6) is 0 Å². The van der Waals surface area contributed by atoms with E-state index < -0.39 is 11.6 Å². The second-order valence-corrected chi connectivity index (χ2v) is 11.5. The first-order valence-corrected chi connectivity index (χ1v) is 15.4. The molecule has 0 aliphatic heterocycles. The third-order valence-corrected chi connectivity index (χ3v) is 8.78. The molecule has 38 heavy (non-hydrogen) atoms. The summed E-state index contributed by atoms with van der Waals surface area (Å²) < 4.78 is 32.6. The number of aromatic nitrogens is 2. The van der Waals surface area contributed by atoms with Crippen molar-refractivity contribution in [3.63, 3.8) is 0 Å². The van der Waals surface area contributed by atoms with Gasteiger partial charge in [0.1, 0.15) is 0 Å². The Labute approximate surface area is 231 Å². The van der Waals surface area contributed by atoms with E-state index in [-0.39, 0.29) is 5.92 Å². The molecule has 0 fully saturated rings. The first kappa shape index (κ1) is 28.5. The smallest absolute Gasteiger partial charge is 0.193 e. The fourth-order valence-electron chi connectivity index (χ4n) is 5.73. The molecular formula is C33H42F2N2S. The third kappa shape index (κ3) is 6.72. The van der Waals surface area contributed by atoms with Crippen LogP contribution in [-0.2, 0) is 6.42 Å². The Balaban J connectivity index is 1.43. The second kappa shape index (κ2) is 14.0. The lowest BCUT2D eigenvalue weighted by Gasteiger charge is -2.20. The SMILES string of the molecule is CCCCCCCc1ccc(-c2ccccc2C(C)CCCC(CCC)c2csc3nccn23)c(F)c1F. The van der Waals surface area contributed by atoms with E-state index in [9.17, 15) is 0 Å². The molecule has 0 aliphatic rings. The highest BCUT2D eigenvalue weighted by Gasteiger charge is 2.20. The standard InChI is InChI=1S/C33H42F2N2S/c1-4-6-7-8-9-15-26-19-20-29(32(35)31(26)34)28-18-11-10-17-27(28)24(3)14-12-16-25(13-5-2)30-23-38-33-36-21-22-37(30)33/h10-11,17-25H,4-9,12-16H2,1-3H3. The largest absolute Gasteiger partial charge is 0.294 e. The molecule has 0 radical (unpaired) electrons. The molecular weight excluding hydrogens is 494 g/mol. The van der Waals surface area contributed by atoms with E-state index in [1.54, 1.807) is 23.5 Å². The monoisotopic (exact) mass is 536 g/mol. The topological polar surface area (TPSA) is 17.3 Å². The normalized spacial score (nSPS) is 13.3. The fraction of sp³-hybridized carbons (Fsp3) is 0.485. The predicted octanol–water partition coefficient (Wildman–Crippen LogP) is 10.7. The number of thiazole rings is 1. The van der Waals surface area contributed by atoms with Gasteiger partial charge in [-0.15, -0.1) is 11.3 Å². The summed E-state index contributed by atoms with van der Waals surface area (Å²) in [6, 6.07) is 11.5. The zero-order valence-corrected chi connectivity index (χ0v) is 24.0. The number of rotatable bonds is 15. The van der Waals surface area contributed by atoms with E-state index >= 15 is 8.78 Å². The van der Waals surface area contributed by atoms with E-state index in [0.29, 0.717) is 23.5 Å². The van der Waals surface area contributed by atoms with E-state index in [1.165, 1.54) is 18.5 Å². The summed E-state index contributed by atoms with van der Waals surface area (Å²) in [5.74, 6) is -0.624. The van der Waals surface area contributed by atoms with Crippen molar-refractivity contribution in [2.75, 3.05) is 0 Å². The molecule has 0 saturated heterocycles. The molecule has 2 unspecified atom stereocenters.